The first kappa shape index (κ1) is 16.4. The summed E-state index contributed by atoms with van der Waals surface area (Å²) in [5.74, 6) is 0. The molecule has 1 aliphatic carbocycles. The fourth-order valence-corrected chi connectivity index (χ4v) is 3.31. The van der Waals surface area contributed by atoms with Crippen LogP contribution in [0.25, 0.3) is 0 Å². The normalized spacial score (nSPS) is 15.8. The highest BCUT2D eigenvalue weighted by Crippen LogP contribution is 2.23. The lowest BCUT2D eigenvalue weighted by molar-refractivity contribution is -0.384. The number of nitrogens with one attached hydrogen (secondary N) is 1. The third-order valence-electron chi connectivity index (χ3n) is 4.15. The topological polar surface area (TPSA) is 58.4 Å². The zero-order valence-corrected chi connectivity index (χ0v) is 13.9. The smallest absolute Gasteiger partial charge is 0.270 e. The highest BCUT2D eigenvalue weighted by atomic mass is 79.9. The van der Waals surface area contributed by atoms with Crippen LogP contribution in [0.2, 0.25) is 0 Å². The number of non-ortho nitro benzene ring substituents is 1. The van der Waals surface area contributed by atoms with Crippen molar-refractivity contribution in [3.05, 3.63) is 38.3 Å². The molecule has 6 heteroatoms. The van der Waals surface area contributed by atoms with E-state index in [1.165, 1.54) is 25.7 Å². The minimum atomic E-state index is -0.376. The van der Waals surface area contributed by atoms with Crippen LogP contribution in [-0.2, 0) is 6.54 Å². The van der Waals surface area contributed by atoms with Crippen molar-refractivity contribution in [2.24, 2.45) is 0 Å². The Kier molecular flexibility index (Phi) is 6.14. The zero-order chi connectivity index (χ0) is 15.2. The molecule has 1 saturated carbocycles. The van der Waals surface area contributed by atoms with Crippen LogP contribution in [0.3, 0.4) is 0 Å². The molecule has 2 rings (SSSR count). The molecule has 0 saturated heterocycles. The Balaban J connectivity index is 1.74. The van der Waals surface area contributed by atoms with Crippen LogP contribution in [0.1, 0.15) is 31.2 Å². The van der Waals surface area contributed by atoms with Crippen molar-refractivity contribution in [1.82, 2.24) is 10.2 Å². The van der Waals surface area contributed by atoms with E-state index in [2.05, 4.69) is 33.2 Å². The predicted molar refractivity (Wildman–Crippen MR) is 87.4 cm³/mol. The van der Waals surface area contributed by atoms with Gasteiger partial charge >= 0.3 is 0 Å². The number of nitro groups is 1. The summed E-state index contributed by atoms with van der Waals surface area (Å²) < 4.78 is 0.786. The molecule has 0 aromatic heterocycles. The van der Waals surface area contributed by atoms with Gasteiger partial charge in [0, 0.05) is 42.3 Å². The van der Waals surface area contributed by atoms with Gasteiger partial charge in [0.15, 0.2) is 0 Å². The fraction of sp³-hybridized carbons (Fsp3) is 0.600. The largest absolute Gasteiger partial charge is 0.311 e. The molecule has 0 unspecified atom stereocenters. The maximum Gasteiger partial charge on any atom is 0.270 e. The highest BCUT2D eigenvalue weighted by Gasteiger charge is 2.18. The number of rotatable bonds is 7. The van der Waals surface area contributed by atoms with Crippen molar-refractivity contribution < 1.29 is 4.92 Å². The Morgan fingerprint density at radius 3 is 2.76 bits per heavy atom. The lowest BCUT2D eigenvalue weighted by Crippen LogP contribution is -2.35. The van der Waals surface area contributed by atoms with E-state index in [4.69, 9.17) is 0 Å². The fourth-order valence-electron chi connectivity index (χ4n) is 2.80. The number of hydrogen-bond donors (Lipinski definition) is 1. The van der Waals surface area contributed by atoms with Gasteiger partial charge in [-0.25, -0.2) is 0 Å². The number of benzene rings is 1. The summed E-state index contributed by atoms with van der Waals surface area (Å²) in [4.78, 5) is 12.7. The molecule has 0 atom stereocenters. The van der Waals surface area contributed by atoms with Gasteiger partial charge in [0.25, 0.3) is 5.69 Å². The molecule has 0 bridgehead atoms. The van der Waals surface area contributed by atoms with Crippen molar-refractivity contribution in [3.8, 4) is 0 Å². The summed E-state index contributed by atoms with van der Waals surface area (Å²) in [5.41, 5.74) is 1.16. The molecule has 5 nitrogen and oxygen atoms in total. The Labute approximate surface area is 134 Å². The molecule has 1 aliphatic rings. The van der Waals surface area contributed by atoms with Crippen molar-refractivity contribution in [3.63, 3.8) is 0 Å². The molecule has 116 valence electrons. The second kappa shape index (κ2) is 7.87. The van der Waals surface area contributed by atoms with Gasteiger partial charge in [-0.3, -0.25) is 10.1 Å². The van der Waals surface area contributed by atoms with Crippen LogP contribution in [-0.4, -0.2) is 36.0 Å². The Hall–Kier alpha value is -0.980. The molecule has 0 spiro atoms. The first-order valence-electron chi connectivity index (χ1n) is 7.41. The molecule has 0 amide bonds. The van der Waals surface area contributed by atoms with E-state index in [-0.39, 0.29) is 10.6 Å². The maximum absolute atomic E-state index is 10.7. The lowest BCUT2D eigenvalue weighted by Gasteiger charge is -2.24. The Morgan fingerprint density at radius 2 is 2.14 bits per heavy atom. The third kappa shape index (κ3) is 4.76. The maximum atomic E-state index is 10.7. The van der Waals surface area contributed by atoms with Crippen LogP contribution in [0.4, 0.5) is 5.69 Å². The van der Waals surface area contributed by atoms with Crippen molar-refractivity contribution in [2.45, 2.75) is 38.3 Å². The molecule has 0 aliphatic heterocycles. The van der Waals surface area contributed by atoms with E-state index >= 15 is 0 Å². The van der Waals surface area contributed by atoms with Gasteiger partial charge in [-0.2, -0.15) is 0 Å². The number of nitrogens with zero attached hydrogens (tertiary/aromatic N) is 2. The van der Waals surface area contributed by atoms with Crippen molar-refractivity contribution in [2.75, 3.05) is 20.1 Å². The van der Waals surface area contributed by atoms with E-state index < -0.39 is 0 Å². The van der Waals surface area contributed by atoms with Gasteiger partial charge < -0.3 is 10.2 Å². The van der Waals surface area contributed by atoms with Crippen LogP contribution < -0.4 is 5.32 Å². The van der Waals surface area contributed by atoms with E-state index in [1.54, 1.807) is 18.2 Å². The van der Waals surface area contributed by atoms with Crippen LogP contribution in [0, 0.1) is 10.1 Å². The molecule has 0 radical (unpaired) electrons. The van der Waals surface area contributed by atoms with Gasteiger partial charge in [0.1, 0.15) is 0 Å². The van der Waals surface area contributed by atoms with Gasteiger partial charge in [-0.05, 0) is 31.5 Å². The van der Waals surface area contributed by atoms with E-state index in [0.717, 1.165) is 35.7 Å². The summed E-state index contributed by atoms with van der Waals surface area (Å²) in [6, 6.07) is 5.65. The third-order valence-corrected chi connectivity index (χ3v) is 4.89. The molecule has 1 aromatic rings. The van der Waals surface area contributed by atoms with Gasteiger partial charge in [-0.15, -0.1) is 0 Å². The Morgan fingerprint density at radius 1 is 1.43 bits per heavy atom. The highest BCUT2D eigenvalue weighted by molar-refractivity contribution is 9.10. The summed E-state index contributed by atoms with van der Waals surface area (Å²) in [6.07, 6.45) is 5.37. The molecular weight excluding hydrogens is 334 g/mol. The molecule has 1 aromatic carbocycles. The first-order chi connectivity index (χ1) is 10.1. The second-order valence-corrected chi connectivity index (χ2v) is 6.48. The number of likely N-dealkylation sites (N-methyl/N-ethyl adjacent to an activating group) is 1. The average Bonchev–Trinajstić information content (AvgIpc) is 2.98. The van der Waals surface area contributed by atoms with Gasteiger partial charge in [0.2, 0.25) is 0 Å². The lowest BCUT2D eigenvalue weighted by atomic mass is 10.2. The molecule has 1 fully saturated rings. The van der Waals surface area contributed by atoms with Crippen molar-refractivity contribution in [1.29, 1.82) is 0 Å². The van der Waals surface area contributed by atoms with Crippen LogP contribution in [0.15, 0.2) is 22.7 Å². The predicted octanol–water partition coefficient (Wildman–Crippen LogP) is 3.32. The molecule has 0 heterocycles. The standard InChI is InChI=1S/C15H22BrN3O2/c1-18(13-4-2-3-5-13)9-8-17-11-12-6-7-14(19(20)21)10-15(12)16/h6-7,10,13,17H,2-5,8-9,11H2,1H3. The van der Waals surface area contributed by atoms with E-state index in [9.17, 15) is 10.1 Å². The first-order valence-corrected chi connectivity index (χ1v) is 8.21. The SMILES string of the molecule is CN(CCNCc1ccc([N+](=O)[O-])cc1Br)C1CCCC1. The van der Waals surface area contributed by atoms with Crippen molar-refractivity contribution >= 4 is 21.6 Å². The minimum Gasteiger partial charge on any atom is -0.311 e. The second-order valence-electron chi connectivity index (χ2n) is 5.63. The summed E-state index contributed by atoms with van der Waals surface area (Å²) in [6.45, 7) is 2.68. The quantitative estimate of drug-likeness (QED) is 0.463. The molecular formula is C15H22BrN3O2. The van der Waals surface area contributed by atoms with Gasteiger partial charge in [-0.1, -0.05) is 28.8 Å². The minimum absolute atomic E-state index is 0.117. The van der Waals surface area contributed by atoms with E-state index in [1.807, 2.05) is 0 Å². The number of nitro benzene ring substituents is 1. The summed E-state index contributed by atoms with van der Waals surface area (Å²) >= 11 is 3.40. The van der Waals surface area contributed by atoms with E-state index in [0.29, 0.717) is 0 Å². The Bertz CT molecular complexity index is 490. The monoisotopic (exact) mass is 355 g/mol. The van der Waals surface area contributed by atoms with Crippen LogP contribution in [0.5, 0.6) is 0 Å². The van der Waals surface area contributed by atoms with Crippen LogP contribution >= 0.6 is 15.9 Å². The average molecular weight is 356 g/mol. The molecule has 21 heavy (non-hydrogen) atoms. The zero-order valence-electron chi connectivity index (χ0n) is 12.3. The number of hydrogen-bond acceptors (Lipinski definition) is 4. The summed E-state index contributed by atoms with van der Waals surface area (Å²) in [5, 5.41) is 14.1. The number of halogens is 1. The van der Waals surface area contributed by atoms with Gasteiger partial charge in [0.05, 0.1) is 4.92 Å². The molecule has 1 N–H and O–H groups in total. The summed E-state index contributed by atoms with van der Waals surface area (Å²) in [7, 11) is 2.19.